The zero-order valence-corrected chi connectivity index (χ0v) is 25.6. The van der Waals surface area contributed by atoms with Gasteiger partial charge in [0.05, 0.1) is 48.7 Å². The summed E-state index contributed by atoms with van der Waals surface area (Å²) >= 11 is 0. The summed E-state index contributed by atoms with van der Waals surface area (Å²) in [5, 5.41) is 53.1. The summed E-state index contributed by atoms with van der Waals surface area (Å²) in [6.07, 6.45) is -5.17. The fourth-order valence-electron chi connectivity index (χ4n) is 6.33. The van der Waals surface area contributed by atoms with Gasteiger partial charge in [-0.2, -0.15) is 0 Å². The number of nitrogens with one attached hydrogen (secondary N) is 3. The number of likely N-dealkylation sites (N-methyl/N-ethyl adjacent to an activating group) is 1. The van der Waals surface area contributed by atoms with Gasteiger partial charge in [-0.05, 0) is 20.0 Å². The standard InChI is InChI=1S/C31H38N4O11/c1-13-25(37)16(32)9-20(45-13)46-18-11-31(43,30(42)35-8-7-34-19(36)12-33-2)10-15-22(18)29(41)24-23(27(15)39)26(38)14-5-4-6-17(44-3)21(14)28(24)40/h4-6,13,16,18,20,25,33,37,39,41,43H,7-12,32H2,1-3H3,(H,34,36)(H,35,42)/t13?,16?,18-,20?,25?,31-/m0/s1. The first-order chi connectivity index (χ1) is 21.8. The number of ether oxygens (including phenoxy) is 3. The van der Waals surface area contributed by atoms with Crippen molar-refractivity contribution < 1.29 is 53.8 Å². The van der Waals surface area contributed by atoms with Crippen molar-refractivity contribution >= 4 is 23.4 Å². The van der Waals surface area contributed by atoms with E-state index >= 15 is 0 Å². The number of hydrogen-bond donors (Lipinski definition) is 8. The molecule has 0 radical (unpaired) electrons. The fraction of sp³-hybridized carbons (Fsp3) is 0.484. The highest BCUT2D eigenvalue weighted by Crippen LogP contribution is 2.52. The van der Waals surface area contributed by atoms with Crippen LogP contribution in [0.3, 0.4) is 0 Å². The van der Waals surface area contributed by atoms with Gasteiger partial charge in [-0.25, -0.2) is 0 Å². The van der Waals surface area contributed by atoms with Crippen LogP contribution in [0.2, 0.25) is 0 Å². The summed E-state index contributed by atoms with van der Waals surface area (Å²) in [5.41, 5.74) is 2.46. The molecular formula is C31H38N4O11. The first-order valence-corrected chi connectivity index (χ1v) is 14.9. The molecule has 6 atom stereocenters. The summed E-state index contributed by atoms with van der Waals surface area (Å²) in [6, 6.07) is 3.64. The zero-order valence-electron chi connectivity index (χ0n) is 25.6. The molecule has 0 aromatic heterocycles. The molecule has 3 aliphatic rings. The second kappa shape index (κ2) is 12.9. The van der Waals surface area contributed by atoms with Gasteiger partial charge in [0.15, 0.2) is 12.1 Å². The van der Waals surface area contributed by atoms with Gasteiger partial charge in [-0.3, -0.25) is 19.2 Å². The molecule has 2 aromatic carbocycles. The van der Waals surface area contributed by atoms with Gasteiger partial charge in [0, 0.05) is 55.1 Å². The second-order valence-electron chi connectivity index (χ2n) is 11.7. The Bertz CT molecular complexity index is 1570. The highest BCUT2D eigenvalue weighted by molar-refractivity contribution is 6.31. The summed E-state index contributed by atoms with van der Waals surface area (Å²) in [4.78, 5) is 52.7. The van der Waals surface area contributed by atoms with E-state index in [-0.39, 0.29) is 60.0 Å². The number of nitrogens with two attached hydrogens (primary N) is 1. The lowest BCUT2D eigenvalue weighted by Gasteiger charge is -2.42. The molecule has 0 bridgehead atoms. The van der Waals surface area contributed by atoms with Crippen LogP contribution in [0.5, 0.6) is 17.2 Å². The molecule has 248 valence electrons. The van der Waals surface area contributed by atoms with E-state index < -0.39 is 89.2 Å². The number of hydrogen-bond acceptors (Lipinski definition) is 13. The Morgan fingerprint density at radius 3 is 2.46 bits per heavy atom. The van der Waals surface area contributed by atoms with Crippen LogP contribution in [-0.2, 0) is 25.5 Å². The van der Waals surface area contributed by atoms with Crippen molar-refractivity contribution in [2.45, 2.75) is 62.4 Å². The predicted molar refractivity (Wildman–Crippen MR) is 160 cm³/mol. The molecule has 1 fully saturated rings. The number of aliphatic hydroxyl groups excluding tert-OH is 1. The second-order valence-corrected chi connectivity index (χ2v) is 11.7. The summed E-state index contributed by atoms with van der Waals surface area (Å²) in [6.45, 7) is 1.68. The third-order valence-electron chi connectivity index (χ3n) is 8.64. The summed E-state index contributed by atoms with van der Waals surface area (Å²) in [5.74, 6) is -3.97. The van der Waals surface area contributed by atoms with Gasteiger partial charge in [0.25, 0.3) is 5.91 Å². The summed E-state index contributed by atoms with van der Waals surface area (Å²) in [7, 11) is 2.93. The van der Waals surface area contributed by atoms with Crippen molar-refractivity contribution in [1.82, 2.24) is 16.0 Å². The van der Waals surface area contributed by atoms with E-state index in [0.717, 1.165) is 0 Å². The number of amides is 2. The van der Waals surface area contributed by atoms with E-state index in [4.69, 9.17) is 19.9 Å². The van der Waals surface area contributed by atoms with Crippen LogP contribution in [0.15, 0.2) is 18.2 Å². The maximum absolute atomic E-state index is 13.8. The van der Waals surface area contributed by atoms with E-state index in [1.165, 1.54) is 25.3 Å². The van der Waals surface area contributed by atoms with Crippen LogP contribution in [0, 0.1) is 0 Å². The molecule has 2 amide bonds. The van der Waals surface area contributed by atoms with E-state index in [9.17, 15) is 39.6 Å². The van der Waals surface area contributed by atoms with Crippen LogP contribution < -0.4 is 26.4 Å². The lowest BCUT2D eigenvalue weighted by Crippen LogP contribution is -2.54. The number of aliphatic hydroxyl groups is 2. The van der Waals surface area contributed by atoms with Gasteiger partial charge in [0.2, 0.25) is 11.7 Å². The van der Waals surface area contributed by atoms with Crippen LogP contribution in [0.25, 0.3) is 0 Å². The Morgan fingerprint density at radius 2 is 1.78 bits per heavy atom. The van der Waals surface area contributed by atoms with Crippen molar-refractivity contribution in [1.29, 1.82) is 0 Å². The molecule has 5 rings (SSSR count). The molecule has 0 saturated carbocycles. The smallest absolute Gasteiger partial charge is 0.252 e. The number of carbonyl (C=O) groups is 4. The average molecular weight is 643 g/mol. The molecule has 15 heteroatoms. The minimum absolute atomic E-state index is 0.00789. The molecule has 1 saturated heterocycles. The molecule has 15 nitrogen and oxygen atoms in total. The number of ketones is 2. The van der Waals surface area contributed by atoms with Gasteiger partial charge in [-0.15, -0.1) is 0 Å². The Hall–Kier alpha value is -4.12. The Balaban J connectivity index is 1.55. The SMILES string of the molecule is CNCC(=O)NCCNC(=O)[C@]1(O)Cc2c(O)c3c(c(O)c2[C@@H](OC2CC(N)C(O)C(C)O2)C1)C(=O)c1c(OC)cccc1C3=O. The quantitative estimate of drug-likeness (QED) is 0.102. The van der Waals surface area contributed by atoms with E-state index in [2.05, 4.69) is 16.0 Å². The molecule has 1 aliphatic heterocycles. The third-order valence-corrected chi connectivity index (χ3v) is 8.64. The molecular weight excluding hydrogens is 604 g/mol. The van der Waals surface area contributed by atoms with Crippen molar-refractivity contribution in [2.24, 2.45) is 5.73 Å². The lowest BCUT2D eigenvalue weighted by molar-refractivity contribution is -0.247. The number of carbonyl (C=O) groups excluding carboxylic acids is 4. The fourth-order valence-corrected chi connectivity index (χ4v) is 6.33. The average Bonchev–Trinajstić information content (AvgIpc) is 3.01. The van der Waals surface area contributed by atoms with Crippen LogP contribution in [0.4, 0.5) is 0 Å². The van der Waals surface area contributed by atoms with Gasteiger partial charge in [0.1, 0.15) is 22.8 Å². The number of phenolic OH excluding ortho intramolecular Hbond substituents is 2. The van der Waals surface area contributed by atoms with Gasteiger partial charge < -0.3 is 56.3 Å². The molecule has 4 unspecified atom stereocenters. The van der Waals surface area contributed by atoms with E-state index in [1.807, 2.05) is 0 Å². The number of phenols is 2. The van der Waals surface area contributed by atoms with Crippen LogP contribution in [-0.4, -0.2) is 108 Å². The minimum Gasteiger partial charge on any atom is -0.507 e. The van der Waals surface area contributed by atoms with Crippen molar-refractivity contribution in [2.75, 3.05) is 33.8 Å². The van der Waals surface area contributed by atoms with Crippen LogP contribution in [0.1, 0.15) is 68.8 Å². The maximum atomic E-state index is 13.8. The summed E-state index contributed by atoms with van der Waals surface area (Å²) < 4.78 is 17.2. The van der Waals surface area contributed by atoms with Crippen molar-refractivity contribution in [3.05, 3.63) is 51.6 Å². The molecule has 0 spiro atoms. The Kier molecular flexibility index (Phi) is 9.35. The molecule has 46 heavy (non-hydrogen) atoms. The van der Waals surface area contributed by atoms with Gasteiger partial charge in [-0.1, -0.05) is 12.1 Å². The highest BCUT2D eigenvalue weighted by atomic mass is 16.7. The topological polar surface area (TPSA) is 239 Å². The first kappa shape index (κ1) is 33.2. The third kappa shape index (κ3) is 5.81. The van der Waals surface area contributed by atoms with Crippen molar-refractivity contribution in [3.8, 4) is 17.2 Å². The monoisotopic (exact) mass is 642 g/mol. The zero-order chi connectivity index (χ0) is 33.5. The lowest BCUT2D eigenvalue weighted by atomic mass is 9.72. The molecule has 9 N–H and O–H groups in total. The predicted octanol–water partition coefficient (Wildman–Crippen LogP) is -1.11. The molecule has 2 aromatic rings. The van der Waals surface area contributed by atoms with E-state index in [0.29, 0.717) is 0 Å². The Morgan fingerprint density at radius 1 is 1.09 bits per heavy atom. The normalized spacial score (nSPS) is 26.9. The number of methoxy groups -OCH3 is 1. The number of fused-ring (bicyclic) bond motifs is 3. The van der Waals surface area contributed by atoms with E-state index in [1.54, 1.807) is 14.0 Å². The first-order valence-electron chi connectivity index (χ1n) is 14.9. The van der Waals surface area contributed by atoms with Crippen molar-refractivity contribution in [3.63, 3.8) is 0 Å². The van der Waals surface area contributed by atoms with Crippen LogP contribution >= 0.6 is 0 Å². The highest BCUT2D eigenvalue weighted by Gasteiger charge is 2.50. The molecule has 2 aliphatic carbocycles. The molecule has 1 heterocycles. The van der Waals surface area contributed by atoms with Gasteiger partial charge >= 0.3 is 0 Å². The maximum Gasteiger partial charge on any atom is 0.252 e. The number of aromatic hydroxyl groups is 2. The Labute approximate surface area is 264 Å². The minimum atomic E-state index is -2.24. The largest absolute Gasteiger partial charge is 0.507 e. The number of rotatable bonds is 9. The number of benzene rings is 2.